The number of ether oxygens (including phenoxy) is 1. The highest BCUT2D eigenvalue weighted by atomic mass is 35.5. The highest BCUT2D eigenvalue weighted by Crippen LogP contribution is 2.31. The summed E-state index contributed by atoms with van der Waals surface area (Å²) in [5.41, 5.74) is 0.831. The van der Waals surface area contributed by atoms with Crippen molar-refractivity contribution >= 4 is 40.9 Å². The molecule has 3 heterocycles. The number of allylic oxidation sites excluding steroid dienone is 1. The molecule has 1 unspecified atom stereocenters. The van der Waals surface area contributed by atoms with Crippen molar-refractivity contribution in [3.63, 3.8) is 0 Å². The number of thiazole rings is 1. The van der Waals surface area contributed by atoms with E-state index in [1.807, 2.05) is 0 Å². The maximum absolute atomic E-state index is 13.4. The zero-order valence-electron chi connectivity index (χ0n) is 17.2. The van der Waals surface area contributed by atoms with Gasteiger partial charge in [0.05, 0.1) is 27.9 Å². The van der Waals surface area contributed by atoms with E-state index in [0.717, 1.165) is 11.3 Å². The minimum Gasteiger partial charge on any atom is -0.458 e. The Balaban J connectivity index is 1.91. The van der Waals surface area contributed by atoms with E-state index in [9.17, 15) is 19.7 Å². The summed E-state index contributed by atoms with van der Waals surface area (Å²) in [6, 6.07) is 8.57. The molecule has 33 heavy (non-hydrogen) atoms. The lowest BCUT2D eigenvalue weighted by molar-refractivity contribution is -0.402. The largest absolute Gasteiger partial charge is 0.458 e. The van der Waals surface area contributed by atoms with E-state index in [2.05, 4.69) is 11.6 Å². The predicted molar refractivity (Wildman–Crippen MR) is 122 cm³/mol. The standard InChI is InChI=1S/C22H16ClN3O6S/c1-3-10-31-21(28)18-12(2)24-22-25(19(18)13-4-6-14(23)7-5-13)20(27)16(33-22)11-15-8-9-17(32-15)26(29)30/h3-9,11,19H,1,10H2,2H3. The van der Waals surface area contributed by atoms with Crippen LogP contribution in [0.5, 0.6) is 0 Å². The molecule has 0 saturated heterocycles. The molecule has 0 N–H and O–H groups in total. The molecule has 11 heteroatoms. The van der Waals surface area contributed by atoms with Gasteiger partial charge in [-0.1, -0.05) is 47.7 Å². The molecule has 0 saturated carbocycles. The van der Waals surface area contributed by atoms with Gasteiger partial charge in [-0.15, -0.1) is 0 Å². The first-order chi connectivity index (χ1) is 15.8. The van der Waals surface area contributed by atoms with Crippen molar-refractivity contribution in [1.29, 1.82) is 0 Å². The van der Waals surface area contributed by atoms with E-state index in [1.54, 1.807) is 31.2 Å². The number of carbonyl (C=O) groups is 1. The molecule has 0 spiro atoms. The molecule has 1 aliphatic rings. The molecular formula is C22H16ClN3O6S. The maximum atomic E-state index is 13.4. The number of fused-ring (bicyclic) bond motifs is 1. The van der Waals surface area contributed by atoms with E-state index in [4.69, 9.17) is 20.8 Å². The molecule has 2 aromatic heterocycles. The first-order valence-electron chi connectivity index (χ1n) is 9.60. The minimum absolute atomic E-state index is 0.00461. The summed E-state index contributed by atoms with van der Waals surface area (Å²) in [6.45, 7) is 5.22. The Morgan fingerprint density at radius 3 is 2.73 bits per heavy atom. The van der Waals surface area contributed by atoms with Crippen LogP contribution >= 0.6 is 22.9 Å². The third kappa shape index (κ3) is 4.30. The maximum Gasteiger partial charge on any atom is 0.433 e. The zero-order valence-corrected chi connectivity index (χ0v) is 18.8. The number of esters is 1. The Hall–Kier alpha value is -3.76. The summed E-state index contributed by atoms with van der Waals surface area (Å²) in [6.07, 6.45) is 2.85. The van der Waals surface area contributed by atoms with Crippen LogP contribution in [0, 0.1) is 10.1 Å². The highest BCUT2D eigenvalue weighted by molar-refractivity contribution is 7.07. The van der Waals surface area contributed by atoms with Crippen molar-refractivity contribution in [1.82, 2.24) is 4.57 Å². The number of carbonyl (C=O) groups excluding carboxylic acids is 1. The Labute approximate surface area is 195 Å². The number of furan rings is 1. The van der Waals surface area contributed by atoms with Gasteiger partial charge in [-0.2, -0.15) is 0 Å². The van der Waals surface area contributed by atoms with Gasteiger partial charge < -0.3 is 9.15 Å². The van der Waals surface area contributed by atoms with Crippen molar-refractivity contribution in [2.45, 2.75) is 13.0 Å². The molecule has 9 nitrogen and oxygen atoms in total. The smallest absolute Gasteiger partial charge is 0.433 e. The van der Waals surface area contributed by atoms with E-state index >= 15 is 0 Å². The molecule has 0 bridgehead atoms. The first kappa shape index (κ1) is 22.4. The third-order valence-corrected chi connectivity index (χ3v) is 6.06. The molecule has 1 aliphatic heterocycles. The molecular weight excluding hydrogens is 470 g/mol. The number of aromatic nitrogens is 1. The lowest BCUT2D eigenvalue weighted by atomic mass is 9.96. The van der Waals surface area contributed by atoms with Crippen LogP contribution in [0.3, 0.4) is 0 Å². The quantitative estimate of drug-likeness (QED) is 0.229. The van der Waals surface area contributed by atoms with Crippen molar-refractivity contribution < 1.29 is 18.9 Å². The van der Waals surface area contributed by atoms with Gasteiger partial charge in [0.25, 0.3) is 5.56 Å². The monoisotopic (exact) mass is 485 g/mol. The van der Waals surface area contributed by atoms with Gasteiger partial charge in [0.1, 0.15) is 17.3 Å². The second kappa shape index (κ2) is 9.00. The van der Waals surface area contributed by atoms with Gasteiger partial charge in [0, 0.05) is 11.1 Å². The normalized spacial score (nSPS) is 15.7. The molecule has 0 amide bonds. The van der Waals surface area contributed by atoms with Crippen LogP contribution in [0.25, 0.3) is 6.08 Å². The number of hydrogen-bond acceptors (Lipinski definition) is 8. The molecule has 0 aliphatic carbocycles. The number of benzene rings is 1. The van der Waals surface area contributed by atoms with Gasteiger partial charge in [0.2, 0.25) is 0 Å². The van der Waals surface area contributed by atoms with E-state index in [1.165, 1.54) is 28.9 Å². The molecule has 1 atom stereocenters. The Morgan fingerprint density at radius 1 is 1.36 bits per heavy atom. The number of rotatable bonds is 6. The van der Waals surface area contributed by atoms with Crippen LogP contribution in [0.1, 0.15) is 24.3 Å². The summed E-state index contributed by atoms with van der Waals surface area (Å²) >= 11 is 7.12. The second-order valence-corrected chi connectivity index (χ2v) is 8.40. The fourth-order valence-corrected chi connectivity index (χ4v) is 4.56. The lowest BCUT2D eigenvalue weighted by Crippen LogP contribution is -2.39. The Morgan fingerprint density at radius 2 is 2.09 bits per heavy atom. The fourth-order valence-electron chi connectivity index (χ4n) is 3.40. The van der Waals surface area contributed by atoms with Gasteiger partial charge in [0.15, 0.2) is 4.80 Å². The summed E-state index contributed by atoms with van der Waals surface area (Å²) < 4.78 is 12.0. The van der Waals surface area contributed by atoms with Crippen molar-refractivity contribution in [3.05, 3.63) is 106 Å². The van der Waals surface area contributed by atoms with Crippen LogP contribution in [0.2, 0.25) is 5.02 Å². The topological polar surface area (TPSA) is 117 Å². The third-order valence-electron chi connectivity index (χ3n) is 4.83. The van der Waals surface area contributed by atoms with Crippen LogP contribution in [0.4, 0.5) is 5.88 Å². The van der Waals surface area contributed by atoms with Crippen LogP contribution in [-0.2, 0) is 9.53 Å². The zero-order chi connectivity index (χ0) is 23.7. The Kier molecular flexibility index (Phi) is 6.12. The SMILES string of the molecule is C=CCOC(=O)C1=C(C)N=c2sc(=Cc3ccc([N+](=O)[O-])o3)c(=O)n2C1c1ccc(Cl)cc1. The minimum atomic E-state index is -0.802. The first-order valence-corrected chi connectivity index (χ1v) is 10.8. The van der Waals surface area contributed by atoms with Gasteiger partial charge in [-0.3, -0.25) is 19.5 Å². The number of nitro groups is 1. The summed E-state index contributed by atoms with van der Waals surface area (Å²) in [4.78, 5) is 41.3. The van der Waals surface area contributed by atoms with E-state index in [0.29, 0.717) is 21.1 Å². The highest BCUT2D eigenvalue weighted by Gasteiger charge is 2.33. The van der Waals surface area contributed by atoms with Crippen molar-refractivity contribution in [3.8, 4) is 0 Å². The van der Waals surface area contributed by atoms with Gasteiger partial charge >= 0.3 is 11.9 Å². The molecule has 4 rings (SSSR count). The molecule has 168 valence electrons. The number of nitrogens with zero attached hydrogens (tertiary/aromatic N) is 3. The number of halogens is 1. The van der Waals surface area contributed by atoms with Crippen molar-refractivity contribution in [2.75, 3.05) is 6.61 Å². The summed E-state index contributed by atoms with van der Waals surface area (Å²) in [5, 5.41) is 11.4. The Bertz CT molecular complexity index is 1480. The average Bonchev–Trinajstić information content (AvgIpc) is 3.37. The van der Waals surface area contributed by atoms with Crippen molar-refractivity contribution in [2.24, 2.45) is 4.99 Å². The number of hydrogen-bond donors (Lipinski definition) is 0. The average molecular weight is 486 g/mol. The lowest BCUT2D eigenvalue weighted by Gasteiger charge is -2.24. The van der Waals surface area contributed by atoms with E-state index in [-0.39, 0.29) is 22.5 Å². The van der Waals surface area contributed by atoms with Gasteiger partial charge in [-0.05, 0) is 30.7 Å². The molecule has 3 aromatic rings. The molecule has 0 fully saturated rings. The molecule has 0 radical (unpaired) electrons. The fraction of sp³-hybridized carbons (Fsp3) is 0.136. The second-order valence-electron chi connectivity index (χ2n) is 6.95. The van der Waals surface area contributed by atoms with Gasteiger partial charge in [-0.25, -0.2) is 9.79 Å². The van der Waals surface area contributed by atoms with Crippen LogP contribution in [-0.4, -0.2) is 22.1 Å². The van der Waals surface area contributed by atoms with E-state index < -0.39 is 28.4 Å². The summed E-state index contributed by atoms with van der Waals surface area (Å²) in [5.74, 6) is -0.903. The van der Waals surface area contributed by atoms with Crippen LogP contribution in [0.15, 0.2) is 74.5 Å². The molecule has 1 aromatic carbocycles. The summed E-state index contributed by atoms with van der Waals surface area (Å²) in [7, 11) is 0. The predicted octanol–water partition coefficient (Wildman–Crippen LogP) is 3.12. The van der Waals surface area contributed by atoms with Crippen LogP contribution < -0.4 is 14.9 Å².